The molecule has 1 saturated carbocycles. The molecule has 4 atom stereocenters. The van der Waals surface area contributed by atoms with E-state index < -0.39 is 0 Å². The van der Waals surface area contributed by atoms with E-state index in [0.29, 0.717) is 5.92 Å². The quantitative estimate of drug-likeness (QED) is 0.405. The van der Waals surface area contributed by atoms with Gasteiger partial charge in [-0.3, -0.25) is 14.6 Å². The van der Waals surface area contributed by atoms with Gasteiger partial charge in [0.25, 0.3) is 0 Å². The largest absolute Gasteiger partial charge is 0.380 e. The fourth-order valence-electron chi connectivity index (χ4n) is 5.74. The van der Waals surface area contributed by atoms with Gasteiger partial charge in [0.1, 0.15) is 0 Å². The molecule has 2 N–H and O–H groups in total. The molecule has 6 nitrogen and oxygen atoms in total. The Labute approximate surface area is 211 Å². The smallest absolute Gasteiger partial charge is 0.0885 e. The van der Waals surface area contributed by atoms with E-state index >= 15 is 0 Å². The van der Waals surface area contributed by atoms with Crippen LogP contribution in [0.2, 0.25) is 0 Å². The number of nitrogens with zero attached hydrogens (tertiary/aromatic N) is 4. The van der Waals surface area contributed by atoms with Gasteiger partial charge >= 0.3 is 0 Å². The summed E-state index contributed by atoms with van der Waals surface area (Å²) in [5.74, 6) is 0.437. The van der Waals surface area contributed by atoms with Crippen molar-refractivity contribution in [3.63, 3.8) is 0 Å². The van der Waals surface area contributed by atoms with Crippen LogP contribution in [0.5, 0.6) is 0 Å². The molecular formula is C28H34N6S. The molecular weight excluding hydrogens is 452 g/mol. The molecule has 3 fully saturated rings. The molecule has 182 valence electrons. The van der Waals surface area contributed by atoms with Crippen LogP contribution in [0.1, 0.15) is 44.0 Å². The van der Waals surface area contributed by atoms with Gasteiger partial charge < -0.3 is 10.6 Å². The van der Waals surface area contributed by atoms with Gasteiger partial charge in [0.2, 0.25) is 0 Å². The van der Waals surface area contributed by atoms with Crippen LogP contribution in [-0.2, 0) is 12.6 Å². The number of thiophene rings is 1. The number of nitrogens with one attached hydrogen (secondary N) is 2. The first-order chi connectivity index (χ1) is 17.0. The highest BCUT2D eigenvalue weighted by molar-refractivity contribution is 7.13. The second kappa shape index (κ2) is 8.64. The number of pyridine rings is 1. The lowest BCUT2D eigenvalue weighted by molar-refractivity contribution is 0.305. The first-order valence-electron chi connectivity index (χ1n) is 12.6. The molecule has 0 aromatic carbocycles. The standard InChI is InChI=1S/C28H34N6S/c1-20(16-27(17-22-18-34(22)19-27)31-21(2)23-7-4-5-12-29-23)9-13-30-28(10-11-28)26-15-24(33(3)32-26)25-8-6-14-35-25/h4-9,12-15,20,22,30-31H,2,10-11,16-19H2,1,3H3/b13-9+. The third-order valence-corrected chi connectivity index (χ3v) is 8.63. The Morgan fingerprint density at radius 3 is 2.89 bits per heavy atom. The highest BCUT2D eigenvalue weighted by Crippen LogP contribution is 2.46. The zero-order chi connectivity index (χ0) is 24.0. The third-order valence-electron chi connectivity index (χ3n) is 7.74. The highest BCUT2D eigenvalue weighted by Gasteiger charge is 2.52. The Kier molecular flexibility index (Phi) is 5.57. The van der Waals surface area contributed by atoms with Crippen LogP contribution in [0.15, 0.2) is 66.8 Å². The molecule has 6 rings (SSSR count). The second-order valence-corrected chi connectivity index (χ2v) is 11.6. The summed E-state index contributed by atoms with van der Waals surface area (Å²) in [5, 5.41) is 14.5. The van der Waals surface area contributed by atoms with Crippen LogP contribution in [0.25, 0.3) is 16.3 Å². The molecule has 3 aliphatic rings. The molecule has 0 spiro atoms. The average Bonchev–Trinajstić information content (AvgIpc) is 3.57. The molecule has 7 heteroatoms. The number of aryl methyl sites for hydroxylation is 1. The minimum absolute atomic E-state index is 0.0205. The lowest BCUT2D eigenvalue weighted by atomic mass is 9.84. The summed E-state index contributed by atoms with van der Waals surface area (Å²) in [7, 11) is 2.04. The molecule has 0 radical (unpaired) electrons. The van der Waals surface area contributed by atoms with Gasteiger partial charge in [0.05, 0.1) is 38.7 Å². The Morgan fingerprint density at radius 1 is 1.31 bits per heavy atom. The first-order valence-corrected chi connectivity index (χ1v) is 13.5. The number of allylic oxidation sites excluding steroid dienone is 1. The van der Waals surface area contributed by atoms with Gasteiger partial charge in [-0.15, -0.1) is 11.3 Å². The summed E-state index contributed by atoms with van der Waals surface area (Å²) < 4.78 is 2.01. The lowest BCUT2D eigenvalue weighted by Gasteiger charge is -2.35. The number of fused-ring (bicyclic) bond motifs is 1. The number of aromatic nitrogens is 3. The molecule has 1 aliphatic carbocycles. The summed E-state index contributed by atoms with van der Waals surface area (Å²) in [6, 6.07) is 13.2. The first kappa shape index (κ1) is 22.6. The Balaban J connectivity index is 1.10. The molecule has 4 unspecified atom stereocenters. The maximum atomic E-state index is 4.86. The van der Waals surface area contributed by atoms with E-state index in [0.717, 1.165) is 48.9 Å². The molecule has 0 amide bonds. The minimum atomic E-state index is -0.0205. The van der Waals surface area contributed by atoms with Gasteiger partial charge in [-0.05, 0) is 67.4 Å². The van der Waals surface area contributed by atoms with Crippen molar-refractivity contribution >= 4 is 17.0 Å². The average molecular weight is 487 g/mol. The van der Waals surface area contributed by atoms with Gasteiger partial charge in [-0.25, -0.2) is 0 Å². The van der Waals surface area contributed by atoms with E-state index in [4.69, 9.17) is 5.10 Å². The number of hydrogen-bond donors (Lipinski definition) is 2. The van der Waals surface area contributed by atoms with Crippen LogP contribution in [0.4, 0.5) is 0 Å². The second-order valence-electron chi connectivity index (χ2n) is 10.7. The van der Waals surface area contributed by atoms with Crippen LogP contribution in [0, 0.1) is 5.92 Å². The van der Waals surface area contributed by atoms with E-state index in [1.54, 1.807) is 11.3 Å². The topological polar surface area (TPSA) is 57.8 Å². The van der Waals surface area contributed by atoms with Crippen molar-refractivity contribution in [3.05, 3.63) is 78.2 Å². The van der Waals surface area contributed by atoms with Gasteiger partial charge in [0, 0.05) is 32.4 Å². The molecule has 5 heterocycles. The summed E-state index contributed by atoms with van der Waals surface area (Å²) >= 11 is 1.76. The number of piperidine rings is 1. The van der Waals surface area contributed by atoms with Crippen molar-refractivity contribution < 1.29 is 0 Å². The van der Waals surface area contributed by atoms with Crippen LogP contribution in [0.3, 0.4) is 0 Å². The Hall–Kier alpha value is -2.90. The molecule has 2 saturated heterocycles. The lowest BCUT2D eigenvalue weighted by Crippen LogP contribution is -2.48. The van der Waals surface area contributed by atoms with E-state index in [1.165, 1.54) is 23.5 Å². The van der Waals surface area contributed by atoms with Crippen LogP contribution in [-0.4, -0.2) is 44.3 Å². The molecule has 2 aliphatic heterocycles. The molecule has 3 aromatic rings. The van der Waals surface area contributed by atoms with Crippen LogP contribution < -0.4 is 10.6 Å². The molecule has 3 aromatic heterocycles. The maximum absolute atomic E-state index is 4.86. The van der Waals surface area contributed by atoms with E-state index in [2.05, 4.69) is 69.9 Å². The van der Waals surface area contributed by atoms with Crippen molar-refractivity contribution in [2.45, 2.75) is 49.7 Å². The highest BCUT2D eigenvalue weighted by atomic mass is 32.1. The van der Waals surface area contributed by atoms with Crippen molar-refractivity contribution in [2.75, 3.05) is 13.1 Å². The predicted molar refractivity (Wildman–Crippen MR) is 143 cm³/mol. The fourth-order valence-corrected chi connectivity index (χ4v) is 6.51. The Bertz CT molecular complexity index is 1210. The monoisotopic (exact) mass is 486 g/mol. The van der Waals surface area contributed by atoms with Gasteiger partial charge in [0.15, 0.2) is 0 Å². The summed E-state index contributed by atoms with van der Waals surface area (Å²) in [6.45, 7) is 8.96. The van der Waals surface area contributed by atoms with E-state index in [-0.39, 0.29) is 11.1 Å². The molecule has 35 heavy (non-hydrogen) atoms. The van der Waals surface area contributed by atoms with E-state index in [1.807, 2.05) is 36.1 Å². The number of rotatable bonds is 10. The zero-order valence-electron chi connectivity index (χ0n) is 20.6. The summed E-state index contributed by atoms with van der Waals surface area (Å²) in [5.41, 5.74) is 4.23. The minimum Gasteiger partial charge on any atom is -0.380 e. The number of hydrogen-bond acceptors (Lipinski definition) is 6. The summed E-state index contributed by atoms with van der Waals surface area (Å²) in [4.78, 5) is 8.32. The Morgan fingerprint density at radius 2 is 2.20 bits per heavy atom. The van der Waals surface area contributed by atoms with Crippen LogP contribution >= 0.6 is 11.3 Å². The zero-order valence-corrected chi connectivity index (χ0v) is 21.4. The SMILES string of the molecule is C=C(NC1(CC(C)/C=C/NC2(c3cc(-c4cccs4)n(C)n3)CC2)CC2CN2C1)c1ccccn1. The van der Waals surface area contributed by atoms with Crippen molar-refractivity contribution in [1.29, 1.82) is 0 Å². The van der Waals surface area contributed by atoms with Gasteiger partial charge in [-0.1, -0.05) is 31.7 Å². The third kappa shape index (κ3) is 4.55. The van der Waals surface area contributed by atoms with Crippen molar-refractivity contribution in [1.82, 2.24) is 30.3 Å². The van der Waals surface area contributed by atoms with Crippen molar-refractivity contribution in [2.24, 2.45) is 13.0 Å². The van der Waals surface area contributed by atoms with E-state index in [9.17, 15) is 0 Å². The van der Waals surface area contributed by atoms with Gasteiger partial charge in [-0.2, -0.15) is 5.10 Å². The summed E-state index contributed by atoms with van der Waals surface area (Å²) in [6.07, 6.45) is 10.8. The molecule has 0 bridgehead atoms. The fraction of sp³-hybridized carbons (Fsp3) is 0.429. The normalized spacial score (nSPS) is 26.9. The van der Waals surface area contributed by atoms with Crippen molar-refractivity contribution in [3.8, 4) is 10.6 Å². The predicted octanol–water partition coefficient (Wildman–Crippen LogP) is 4.75. The maximum Gasteiger partial charge on any atom is 0.0885 e.